The minimum atomic E-state index is -3.97. The van der Waals surface area contributed by atoms with Crippen LogP contribution in [0.25, 0.3) is 0 Å². The van der Waals surface area contributed by atoms with Gasteiger partial charge in [-0.15, -0.1) is 0 Å². The molecule has 0 spiro atoms. The van der Waals surface area contributed by atoms with Gasteiger partial charge in [-0.3, -0.25) is 4.79 Å². The number of aromatic nitrogens is 2. The topological polar surface area (TPSA) is 111 Å². The van der Waals surface area contributed by atoms with Gasteiger partial charge in [0.25, 0.3) is 10.0 Å². The van der Waals surface area contributed by atoms with Crippen molar-refractivity contribution >= 4 is 16.0 Å². The summed E-state index contributed by atoms with van der Waals surface area (Å²) in [5.74, 6) is -0.700. The van der Waals surface area contributed by atoms with Gasteiger partial charge in [0.2, 0.25) is 0 Å². The molecule has 1 aromatic rings. The zero-order valence-electron chi connectivity index (χ0n) is 11.7. The third-order valence-electron chi connectivity index (χ3n) is 2.78. The molecular formula is C11H19N3O5S. The van der Waals surface area contributed by atoms with Crippen molar-refractivity contribution < 1.29 is 23.1 Å². The highest BCUT2D eigenvalue weighted by atomic mass is 32.2. The Bertz CT molecular complexity index is 567. The van der Waals surface area contributed by atoms with Crippen LogP contribution >= 0.6 is 0 Å². The largest absolute Gasteiger partial charge is 0.480 e. The highest BCUT2D eigenvalue weighted by Gasteiger charge is 2.27. The van der Waals surface area contributed by atoms with Crippen LogP contribution in [0.4, 0.5) is 0 Å². The fraction of sp³-hybridized carbons (Fsp3) is 0.636. The van der Waals surface area contributed by atoms with E-state index in [0.29, 0.717) is 12.4 Å². The summed E-state index contributed by atoms with van der Waals surface area (Å²) >= 11 is 0. The summed E-state index contributed by atoms with van der Waals surface area (Å²) in [6, 6.07) is -1.24. The lowest BCUT2D eigenvalue weighted by Crippen LogP contribution is -2.41. The summed E-state index contributed by atoms with van der Waals surface area (Å²) in [6.07, 6.45) is 1.42. The van der Waals surface area contributed by atoms with Crippen LogP contribution < -0.4 is 4.72 Å². The number of hydrogen-bond donors (Lipinski definition) is 2. The van der Waals surface area contributed by atoms with Crippen molar-refractivity contribution in [1.29, 1.82) is 0 Å². The summed E-state index contributed by atoms with van der Waals surface area (Å²) in [6.45, 7) is 4.27. The Morgan fingerprint density at radius 3 is 2.70 bits per heavy atom. The Morgan fingerprint density at radius 2 is 2.25 bits per heavy atom. The highest BCUT2D eigenvalue weighted by Crippen LogP contribution is 2.10. The second-order valence-corrected chi connectivity index (χ2v) is 5.87. The van der Waals surface area contributed by atoms with Crippen LogP contribution in [0.1, 0.15) is 19.2 Å². The molecule has 0 aliphatic heterocycles. The molecule has 0 amide bonds. The second-order valence-electron chi connectivity index (χ2n) is 4.21. The highest BCUT2D eigenvalue weighted by molar-refractivity contribution is 7.89. The third-order valence-corrected chi connectivity index (χ3v) is 4.12. The van der Waals surface area contributed by atoms with Gasteiger partial charge < -0.3 is 14.4 Å². The van der Waals surface area contributed by atoms with E-state index < -0.39 is 22.0 Å². The number of methoxy groups -OCH3 is 1. The number of rotatable bonds is 8. The molecule has 1 atom stereocenters. The van der Waals surface area contributed by atoms with E-state index >= 15 is 0 Å². The molecule has 2 N–H and O–H groups in total. The number of nitrogens with zero attached hydrogens (tertiary/aromatic N) is 2. The molecule has 9 heteroatoms. The SMILES string of the molecule is CCn1cc(S(=O)(=O)NC(CCOC)C(=O)O)nc1C. The standard InChI is InChI=1S/C11H19N3O5S/c1-4-14-7-10(12-8(14)2)20(17,18)13-9(11(15)16)5-6-19-3/h7,9,13H,4-6H2,1-3H3,(H,15,16). The first-order chi connectivity index (χ1) is 9.31. The lowest BCUT2D eigenvalue weighted by Gasteiger charge is -2.13. The molecule has 0 saturated heterocycles. The molecule has 1 rings (SSSR count). The maximum Gasteiger partial charge on any atom is 0.321 e. The summed E-state index contributed by atoms with van der Waals surface area (Å²) < 4.78 is 32.8. The first-order valence-electron chi connectivity index (χ1n) is 6.09. The van der Waals surface area contributed by atoms with Gasteiger partial charge in [0, 0.05) is 26.5 Å². The minimum Gasteiger partial charge on any atom is -0.480 e. The monoisotopic (exact) mass is 305 g/mol. The van der Waals surface area contributed by atoms with Crippen LogP contribution in [0.15, 0.2) is 11.2 Å². The average molecular weight is 305 g/mol. The third kappa shape index (κ3) is 4.02. The molecule has 0 radical (unpaired) electrons. The molecule has 0 bridgehead atoms. The molecule has 1 unspecified atom stereocenters. The number of imidazole rings is 1. The van der Waals surface area contributed by atoms with Gasteiger partial charge >= 0.3 is 5.97 Å². The van der Waals surface area contributed by atoms with Gasteiger partial charge in [0.1, 0.15) is 11.9 Å². The maximum absolute atomic E-state index is 12.1. The number of nitrogens with one attached hydrogen (secondary N) is 1. The number of aryl methyl sites for hydroxylation is 2. The van der Waals surface area contributed by atoms with Gasteiger partial charge in [-0.2, -0.15) is 4.72 Å². The average Bonchev–Trinajstić information content (AvgIpc) is 2.76. The van der Waals surface area contributed by atoms with Crippen LogP contribution in [0, 0.1) is 6.92 Å². The Balaban J connectivity index is 2.94. The molecular weight excluding hydrogens is 286 g/mol. The predicted molar refractivity (Wildman–Crippen MR) is 70.9 cm³/mol. The predicted octanol–water partition coefficient (Wildman–Crippen LogP) is -0.0206. The zero-order valence-corrected chi connectivity index (χ0v) is 12.5. The second kappa shape index (κ2) is 6.82. The lowest BCUT2D eigenvalue weighted by molar-refractivity contribution is -0.139. The van der Waals surface area contributed by atoms with E-state index in [1.807, 2.05) is 6.92 Å². The molecule has 1 aromatic heterocycles. The molecule has 8 nitrogen and oxygen atoms in total. The number of carbonyl (C=O) groups is 1. The number of hydrogen-bond acceptors (Lipinski definition) is 5. The fourth-order valence-corrected chi connectivity index (χ4v) is 2.88. The van der Waals surface area contributed by atoms with Crippen LogP contribution in [0.5, 0.6) is 0 Å². The summed E-state index contributed by atoms with van der Waals surface area (Å²) in [5, 5.41) is 8.83. The molecule has 0 saturated carbocycles. The Hall–Kier alpha value is -1.45. The van der Waals surface area contributed by atoms with Crippen molar-refractivity contribution in [1.82, 2.24) is 14.3 Å². The van der Waals surface area contributed by atoms with E-state index in [-0.39, 0.29) is 18.1 Å². The lowest BCUT2D eigenvalue weighted by atomic mass is 10.2. The van der Waals surface area contributed by atoms with Gasteiger partial charge in [0.15, 0.2) is 5.03 Å². The van der Waals surface area contributed by atoms with E-state index in [1.54, 1.807) is 11.5 Å². The maximum atomic E-state index is 12.1. The van der Waals surface area contributed by atoms with E-state index in [1.165, 1.54) is 13.3 Å². The van der Waals surface area contributed by atoms with Crippen LogP contribution in [0.3, 0.4) is 0 Å². The van der Waals surface area contributed by atoms with Gasteiger partial charge in [-0.05, 0) is 20.3 Å². The smallest absolute Gasteiger partial charge is 0.321 e. The molecule has 20 heavy (non-hydrogen) atoms. The Labute approximate surface area is 117 Å². The van der Waals surface area contributed by atoms with Crippen molar-refractivity contribution in [2.45, 2.75) is 37.9 Å². The van der Waals surface area contributed by atoms with Crippen LogP contribution in [-0.2, 0) is 26.1 Å². The molecule has 1 heterocycles. The fourth-order valence-electron chi connectivity index (χ4n) is 1.65. The van der Waals surface area contributed by atoms with Crippen molar-refractivity contribution in [2.24, 2.45) is 0 Å². The van der Waals surface area contributed by atoms with E-state index in [9.17, 15) is 13.2 Å². The quantitative estimate of drug-likeness (QED) is 0.698. The van der Waals surface area contributed by atoms with Gasteiger partial charge in [-0.1, -0.05) is 0 Å². The number of carboxylic acid groups (broad SMARTS) is 1. The van der Waals surface area contributed by atoms with E-state index in [0.717, 1.165) is 0 Å². The number of sulfonamides is 1. The van der Waals surface area contributed by atoms with Crippen molar-refractivity contribution in [2.75, 3.05) is 13.7 Å². The number of aliphatic carboxylic acids is 1. The van der Waals surface area contributed by atoms with E-state index in [4.69, 9.17) is 9.84 Å². The molecule has 0 aliphatic carbocycles. The Kier molecular flexibility index (Phi) is 5.66. The van der Waals surface area contributed by atoms with Crippen molar-refractivity contribution in [3.63, 3.8) is 0 Å². The molecule has 0 fully saturated rings. The van der Waals surface area contributed by atoms with Crippen molar-refractivity contribution in [3.8, 4) is 0 Å². The van der Waals surface area contributed by atoms with Crippen LogP contribution in [-0.4, -0.2) is 48.8 Å². The van der Waals surface area contributed by atoms with Gasteiger partial charge in [0.05, 0.1) is 0 Å². The Morgan fingerprint density at radius 1 is 1.60 bits per heavy atom. The zero-order chi connectivity index (χ0) is 15.3. The van der Waals surface area contributed by atoms with Crippen LogP contribution in [0.2, 0.25) is 0 Å². The summed E-state index contributed by atoms with van der Waals surface area (Å²) in [5.41, 5.74) is 0. The first-order valence-corrected chi connectivity index (χ1v) is 7.58. The number of carboxylic acids is 1. The minimum absolute atomic E-state index is 0.0402. The first kappa shape index (κ1) is 16.6. The molecule has 0 aliphatic rings. The van der Waals surface area contributed by atoms with Crippen molar-refractivity contribution in [3.05, 3.63) is 12.0 Å². The normalized spacial score (nSPS) is 13.3. The van der Waals surface area contributed by atoms with E-state index in [2.05, 4.69) is 9.71 Å². The molecule has 0 aromatic carbocycles. The summed E-state index contributed by atoms with van der Waals surface area (Å²) in [4.78, 5) is 15.0. The summed E-state index contributed by atoms with van der Waals surface area (Å²) in [7, 11) is -2.55. The number of ether oxygens (including phenoxy) is 1. The van der Waals surface area contributed by atoms with Gasteiger partial charge in [-0.25, -0.2) is 13.4 Å². The molecule has 114 valence electrons.